The molecule has 8 heteroatoms. The van der Waals surface area contributed by atoms with Crippen LogP contribution in [0.25, 0.3) is 0 Å². The molecule has 0 aliphatic carbocycles. The van der Waals surface area contributed by atoms with E-state index in [2.05, 4.69) is 11.3 Å². The summed E-state index contributed by atoms with van der Waals surface area (Å²) < 4.78 is 39.0. The molecule has 0 spiro atoms. The van der Waals surface area contributed by atoms with Gasteiger partial charge in [0.1, 0.15) is 5.60 Å². The molecule has 1 fully saturated rings. The number of hydrogen-bond donors (Lipinski definition) is 1. The first-order chi connectivity index (χ1) is 10.5. The minimum atomic E-state index is -4.02. The molecule has 1 saturated heterocycles. The Morgan fingerprint density at radius 1 is 1.52 bits per heavy atom. The van der Waals surface area contributed by atoms with Crippen molar-refractivity contribution in [3.63, 3.8) is 0 Å². The van der Waals surface area contributed by atoms with Crippen molar-refractivity contribution in [2.45, 2.75) is 64.7 Å². The fourth-order valence-electron chi connectivity index (χ4n) is 2.17. The Kier molecular flexibility index (Phi) is 7.03. The normalized spacial score (nSPS) is 20.1. The summed E-state index contributed by atoms with van der Waals surface area (Å²) in [4.78, 5) is 12.3. The molecule has 134 valence electrons. The molecule has 0 aromatic heterocycles. The first kappa shape index (κ1) is 19.9. The van der Waals surface area contributed by atoms with Gasteiger partial charge in [-0.25, -0.2) is 4.79 Å². The van der Waals surface area contributed by atoms with Crippen LogP contribution < -0.4 is 4.72 Å². The zero-order valence-electron chi connectivity index (χ0n) is 14.4. The van der Waals surface area contributed by atoms with E-state index in [-0.39, 0.29) is 18.7 Å². The Balaban J connectivity index is 2.91. The number of amides is 1. The van der Waals surface area contributed by atoms with Crippen LogP contribution in [0.1, 0.15) is 47.0 Å². The van der Waals surface area contributed by atoms with E-state index >= 15 is 0 Å². The maximum absolute atomic E-state index is 12.6. The van der Waals surface area contributed by atoms with Crippen LogP contribution >= 0.6 is 0 Å². The number of ether oxygens (including phenoxy) is 2. The van der Waals surface area contributed by atoms with Gasteiger partial charge in [-0.15, -0.1) is 6.58 Å². The van der Waals surface area contributed by atoms with E-state index < -0.39 is 21.9 Å². The predicted molar refractivity (Wildman–Crippen MR) is 88.2 cm³/mol. The van der Waals surface area contributed by atoms with Crippen LogP contribution in [-0.4, -0.2) is 49.7 Å². The molecule has 1 heterocycles. The van der Waals surface area contributed by atoms with Gasteiger partial charge in [-0.05, 0) is 47.0 Å². The number of carbonyl (C=O) groups excluding carboxylic acids is 1. The monoisotopic (exact) mass is 348 g/mol. The van der Waals surface area contributed by atoms with Gasteiger partial charge in [0.2, 0.25) is 0 Å². The van der Waals surface area contributed by atoms with Crippen LogP contribution in [0.15, 0.2) is 12.7 Å². The number of rotatable bonds is 7. The van der Waals surface area contributed by atoms with E-state index in [1.54, 1.807) is 33.8 Å². The molecule has 1 aliphatic rings. The van der Waals surface area contributed by atoms with Crippen LogP contribution in [0.3, 0.4) is 0 Å². The average Bonchev–Trinajstić information content (AvgIpc) is 2.85. The third-order valence-corrected chi connectivity index (χ3v) is 4.73. The second kappa shape index (κ2) is 8.12. The van der Waals surface area contributed by atoms with Crippen LogP contribution in [-0.2, 0) is 19.7 Å². The highest BCUT2D eigenvalue weighted by Gasteiger charge is 2.35. The van der Waals surface area contributed by atoms with Crippen LogP contribution in [0, 0.1) is 0 Å². The van der Waals surface area contributed by atoms with Crippen molar-refractivity contribution >= 4 is 16.3 Å². The fourth-order valence-corrected chi connectivity index (χ4v) is 3.50. The van der Waals surface area contributed by atoms with Gasteiger partial charge >= 0.3 is 16.3 Å². The van der Waals surface area contributed by atoms with E-state index in [1.807, 2.05) is 0 Å². The number of nitrogens with one attached hydrogen (secondary N) is 1. The molecule has 0 saturated carbocycles. The maximum atomic E-state index is 12.6. The summed E-state index contributed by atoms with van der Waals surface area (Å²) in [5, 5.41) is 0. The summed E-state index contributed by atoms with van der Waals surface area (Å²) in [6, 6.07) is -0.369. The lowest BCUT2D eigenvalue weighted by molar-refractivity contribution is 0.0284. The summed E-state index contributed by atoms with van der Waals surface area (Å²) in [6.07, 6.45) is 2.46. The molecule has 0 unspecified atom stereocenters. The van der Waals surface area contributed by atoms with Crippen molar-refractivity contribution in [2.75, 3.05) is 13.2 Å². The molecule has 1 rings (SSSR count). The van der Waals surface area contributed by atoms with E-state index in [1.165, 1.54) is 0 Å². The molecule has 0 radical (unpaired) electrons. The van der Waals surface area contributed by atoms with E-state index in [9.17, 15) is 13.2 Å². The summed E-state index contributed by atoms with van der Waals surface area (Å²) in [7, 11) is -4.02. The first-order valence-electron chi connectivity index (χ1n) is 7.80. The highest BCUT2D eigenvalue weighted by Crippen LogP contribution is 2.18. The van der Waals surface area contributed by atoms with Crippen molar-refractivity contribution in [3.8, 4) is 0 Å². The van der Waals surface area contributed by atoms with Crippen molar-refractivity contribution in [3.05, 3.63) is 12.7 Å². The Morgan fingerprint density at radius 3 is 2.65 bits per heavy atom. The quantitative estimate of drug-likeness (QED) is 0.713. The largest absolute Gasteiger partial charge is 0.443 e. The highest BCUT2D eigenvalue weighted by atomic mass is 32.2. The number of hydrogen-bond acceptors (Lipinski definition) is 5. The lowest BCUT2D eigenvalue weighted by Gasteiger charge is -2.29. The zero-order chi connectivity index (χ0) is 17.7. The van der Waals surface area contributed by atoms with Crippen LogP contribution in [0.5, 0.6) is 0 Å². The molecule has 1 amide bonds. The van der Waals surface area contributed by atoms with Gasteiger partial charge < -0.3 is 9.47 Å². The molecule has 0 aromatic carbocycles. The van der Waals surface area contributed by atoms with E-state index in [4.69, 9.17) is 9.47 Å². The van der Waals surface area contributed by atoms with Gasteiger partial charge in [-0.3, -0.25) is 0 Å². The molecule has 1 N–H and O–H groups in total. The van der Waals surface area contributed by atoms with Gasteiger partial charge in [-0.1, -0.05) is 6.08 Å². The van der Waals surface area contributed by atoms with Crippen molar-refractivity contribution in [2.24, 2.45) is 0 Å². The minimum Gasteiger partial charge on any atom is -0.443 e. The molecule has 0 aromatic rings. The van der Waals surface area contributed by atoms with Crippen molar-refractivity contribution in [1.29, 1.82) is 0 Å². The van der Waals surface area contributed by atoms with Gasteiger partial charge in [0, 0.05) is 12.6 Å². The molecule has 2 atom stereocenters. The van der Waals surface area contributed by atoms with E-state index in [0.29, 0.717) is 13.0 Å². The topological polar surface area (TPSA) is 84.9 Å². The summed E-state index contributed by atoms with van der Waals surface area (Å²) in [6.45, 7) is 10.9. The summed E-state index contributed by atoms with van der Waals surface area (Å²) in [5.74, 6) is 0. The minimum absolute atomic E-state index is 0.0505. The lowest BCUT2D eigenvalue weighted by Crippen LogP contribution is -2.51. The Hall–Kier alpha value is -1.12. The Labute approximate surface area is 139 Å². The second-order valence-corrected chi connectivity index (χ2v) is 8.32. The first-order valence-corrected chi connectivity index (χ1v) is 9.24. The zero-order valence-corrected chi connectivity index (χ0v) is 15.2. The van der Waals surface area contributed by atoms with E-state index in [0.717, 1.165) is 17.1 Å². The number of nitrogens with zero attached hydrogens (tertiary/aromatic N) is 1. The van der Waals surface area contributed by atoms with Gasteiger partial charge in [0.25, 0.3) is 0 Å². The summed E-state index contributed by atoms with van der Waals surface area (Å²) >= 11 is 0. The fraction of sp³-hybridized carbons (Fsp3) is 0.800. The van der Waals surface area contributed by atoms with Crippen molar-refractivity contribution in [1.82, 2.24) is 9.03 Å². The Morgan fingerprint density at radius 2 is 2.17 bits per heavy atom. The molecular formula is C15H28N2O5S. The molecule has 7 nitrogen and oxygen atoms in total. The summed E-state index contributed by atoms with van der Waals surface area (Å²) in [5.41, 5.74) is -0.784. The lowest BCUT2D eigenvalue weighted by atomic mass is 10.2. The predicted octanol–water partition coefficient (Wildman–Crippen LogP) is 2.20. The SMILES string of the molecule is C=CC[C@H](C)NS(=O)(=O)N(C[C@@H]1CCCO1)C(=O)OC(C)(C)C. The van der Waals surface area contributed by atoms with Crippen LogP contribution in [0.2, 0.25) is 0 Å². The smallest absolute Gasteiger partial charge is 0.425 e. The standard InChI is InChI=1S/C15H28N2O5S/c1-6-8-12(2)16-23(19,20)17(11-13-9-7-10-21-13)14(18)22-15(3,4)5/h6,12-13,16H,1,7-11H2,2-5H3/t12-,13-/m0/s1. The van der Waals surface area contributed by atoms with Gasteiger partial charge in [-0.2, -0.15) is 17.4 Å². The van der Waals surface area contributed by atoms with Crippen LogP contribution in [0.4, 0.5) is 4.79 Å². The maximum Gasteiger partial charge on any atom is 0.425 e. The van der Waals surface area contributed by atoms with Gasteiger partial charge in [0.05, 0.1) is 12.6 Å². The third kappa shape index (κ3) is 6.88. The molecule has 23 heavy (non-hydrogen) atoms. The Bertz CT molecular complexity index is 506. The van der Waals surface area contributed by atoms with Gasteiger partial charge in [0.15, 0.2) is 0 Å². The van der Waals surface area contributed by atoms with Crippen molar-refractivity contribution < 1.29 is 22.7 Å². The highest BCUT2D eigenvalue weighted by molar-refractivity contribution is 7.87. The number of carbonyl (C=O) groups is 1. The third-order valence-electron chi connectivity index (χ3n) is 3.15. The average molecular weight is 348 g/mol. The second-order valence-electron chi connectivity index (χ2n) is 6.69. The molecular weight excluding hydrogens is 320 g/mol. The molecule has 0 bridgehead atoms. The molecule has 1 aliphatic heterocycles.